The maximum atomic E-state index is 12.8. The Hall–Kier alpha value is -2.65. The topological polar surface area (TPSA) is 106 Å². The zero-order valence-corrected chi connectivity index (χ0v) is 17.3. The first kappa shape index (κ1) is 21.1. The minimum atomic E-state index is -3.60. The van der Waals surface area contributed by atoms with Crippen LogP contribution in [-0.4, -0.2) is 44.3 Å². The van der Waals surface area contributed by atoms with Crippen molar-refractivity contribution in [1.29, 1.82) is 0 Å². The second-order valence-corrected chi connectivity index (χ2v) is 8.88. The van der Waals surface area contributed by atoms with Crippen molar-refractivity contribution in [3.63, 3.8) is 0 Å². The molecule has 1 aromatic heterocycles. The van der Waals surface area contributed by atoms with Crippen LogP contribution >= 0.6 is 0 Å². The molecule has 9 heteroatoms. The Balaban J connectivity index is 1.61. The van der Waals surface area contributed by atoms with Crippen molar-refractivity contribution < 1.29 is 27.2 Å². The van der Waals surface area contributed by atoms with Crippen LogP contribution in [-0.2, 0) is 19.6 Å². The summed E-state index contributed by atoms with van der Waals surface area (Å²) in [5, 5.41) is 2.56. The highest BCUT2D eigenvalue weighted by atomic mass is 32.2. The molecular formula is C20H24N2O6S. The number of hydrogen-bond donors (Lipinski definition) is 1. The van der Waals surface area contributed by atoms with Gasteiger partial charge in [-0.05, 0) is 51.0 Å². The van der Waals surface area contributed by atoms with E-state index in [9.17, 15) is 18.0 Å². The minimum absolute atomic E-state index is 0.124. The number of nitrogens with zero attached hydrogens (tertiary/aromatic N) is 1. The maximum Gasteiger partial charge on any atom is 0.342 e. The van der Waals surface area contributed by atoms with Crippen molar-refractivity contribution in [3.05, 3.63) is 47.4 Å². The Morgan fingerprint density at radius 3 is 2.52 bits per heavy atom. The first-order chi connectivity index (χ1) is 13.8. The molecular weight excluding hydrogens is 396 g/mol. The van der Waals surface area contributed by atoms with Crippen molar-refractivity contribution >= 4 is 27.6 Å². The monoisotopic (exact) mass is 420 g/mol. The van der Waals surface area contributed by atoms with E-state index >= 15 is 0 Å². The Labute approximate surface area is 169 Å². The molecule has 0 aliphatic carbocycles. The molecule has 0 saturated carbocycles. The van der Waals surface area contributed by atoms with Gasteiger partial charge in [0.05, 0.1) is 4.90 Å². The van der Waals surface area contributed by atoms with E-state index < -0.39 is 28.5 Å². The second-order valence-electron chi connectivity index (χ2n) is 6.94. The van der Waals surface area contributed by atoms with Crippen molar-refractivity contribution in [2.75, 3.05) is 25.0 Å². The zero-order chi connectivity index (χ0) is 21.0. The predicted molar refractivity (Wildman–Crippen MR) is 106 cm³/mol. The summed E-state index contributed by atoms with van der Waals surface area (Å²) in [4.78, 5) is 24.3. The highest BCUT2D eigenvalue weighted by Crippen LogP contribution is 2.23. The summed E-state index contributed by atoms with van der Waals surface area (Å²) in [5.41, 5.74) is 0.587. The van der Waals surface area contributed by atoms with Crippen molar-refractivity contribution in [1.82, 2.24) is 4.31 Å². The van der Waals surface area contributed by atoms with Crippen LogP contribution in [0.5, 0.6) is 0 Å². The quantitative estimate of drug-likeness (QED) is 0.721. The Morgan fingerprint density at radius 2 is 1.86 bits per heavy atom. The van der Waals surface area contributed by atoms with Crippen LogP contribution in [0.3, 0.4) is 0 Å². The fourth-order valence-electron chi connectivity index (χ4n) is 3.23. The predicted octanol–water partition coefficient (Wildman–Crippen LogP) is 2.87. The van der Waals surface area contributed by atoms with E-state index in [4.69, 9.17) is 9.15 Å². The number of furan rings is 1. The molecule has 1 aliphatic heterocycles. The summed E-state index contributed by atoms with van der Waals surface area (Å²) < 4.78 is 37.3. The van der Waals surface area contributed by atoms with Gasteiger partial charge in [0.15, 0.2) is 6.61 Å². The third kappa shape index (κ3) is 5.04. The van der Waals surface area contributed by atoms with Gasteiger partial charge < -0.3 is 14.5 Å². The molecule has 0 unspecified atom stereocenters. The van der Waals surface area contributed by atoms with Gasteiger partial charge in [-0.2, -0.15) is 4.31 Å². The maximum absolute atomic E-state index is 12.8. The molecule has 29 heavy (non-hydrogen) atoms. The molecule has 1 N–H and O–H groups in total. The van der Waals surface area contributed by atoms with Gasteiger partial charge in [-0.25, -0.2) is 13.2 Å². The first-order valence-corrected chi connectivity index (χ1v) is 10.9. The van der Waals surface area contributed by atoms with Crippen LogP contribution in [0.25, 0.3) is 0 Å². The number of carbonyl (C=O) groups is 2. The highest BCUT2D eigenvalue weighted by Gasteiger charge is 2.26. The number of esters is 1. The Morgan fingerprint density at radius 1 is 1.14 bits per heavy atom. The number of piperidine rings is 1. The van der Waals surface area contributed by atoms with Crippen LogP contribution in [0, 0.1) is 13.8 Å². The number of ether oxygens (including phenoxy) is 1. The van der Waals surface area contributed by atoms with E-state index in [1.165, 1.54) is 16.4 Å². The lowest BCUT2D eigenvalue weighted by Crippen LogP contribution is -2.35. The standard InChI is InChI=1S/C20H24N2O6S/c1-14-11-18(15(2)28-14)20(24)27-13-19(23)21-16-7-6-8-17(12-16)29(25,26)22-9-4-3-5-10-22/h6-8,11-12H,3-5,9-10,13H2,1-2H3,(H,21,23). The van der Waals surface area contributed by atoms with Crippen LogP contribution in [0.1, 0.15) is 41.1 Å². The van der Waals surface area contributed by atoms with E-state index in [0.717, 1.165) is 19.3 Å². The minimum Gasteiger partial charge on any atom is -0.466 e. The van der Waals surface area contributed by atoms with Crippen LogP contribution < -0.4 is 5.32 Å². The first-order valence-electron chi connectivity index (χ1n) is 9.41. The molecule has 2 aromatic rings. The molecule has 3 rings (SSSR count). The molecule has 156 valence electrons. The number of sulfonamides is 1. The number of hydrogen-bond acceptors (Lipinski definition) is 6. The molecule has 8 nitrogen and oxygen atoms in total. The molecule has 1 amide bonds. The average molecular weight is 420 g/mol. The molecule has 1 aliphatic rings. The molecule has 0 atom stereocenters. The summed E-state index contributed by atoms with van der Waals surface area (Å²) in [6, 6.07) is 7.61. The van der Waals surface area contributed by atoms with Gasteiger partial charge in [-0.15, -0.1) is 0 Å². The summed E-state index contributed by atoms with van der Waals surface area (Å²) >= 11 is 0. The number of benzene rings is 1. The lowest BCUT2D eigenvalue weighted by molar-refractivity contribution is -0.119. The van der Waals surface area contributed by atoms with Crippen molar-refractivity contribution in [2.45, 2.75) is 38.0 Å². The molecule has 1 saturated heterocycles. The Bertz CT molecular complexity index is 1010. The molecule has 1 fully saturated rings. The number of anilines is 1. The van der Waals surface area contributed by atoms with E-state index in [1.54, 1.807) is 32.0 Å². The highest BCUT2D eigenvalue weighted by molar-refractivity contribution is 7.89. The van der Waals surface area contributed by atoms with Gasteiger partial charge in [0.25, 0.3) is 5.91 Å². The SMILES string of the molecule is Cc1cc(C(=O)OCC(=O)Nc2cccc(S(=O)(=O)N3CCCCC3)c2)c(C)o1. The van der Waals surface area contributed by atoms with Gasteiger partial charge in [-0.3, -0.25) is 4.79 Å². The van der Waals surface area contributed by atoms with Crippen LogP contribution in [0.2, 0.25) is 0 Å². The van der Waals surface area contributed by atoms with Gasteiger partial charge in [0.1, 0.15) is 17.1 Å². The lowest BCUT2D eigenvalue weighted by Gasteiger charge is -2.26. The lowest BCUT2D eigenvalue weighted by atomic mass is 10.2. The van der Waals surface area contributed by atoms with Gasteiger partial charge in [-0.1, -0.05) is 12.5 Å². The summed E-state index contributed by atoms with van der Waals surface area (Å²) in [5.74, 6) is -0.228. The summed E-state index contributed by atoms with van der Waals surface area (Å²) in [6.45, 7) is 3.86. The normalized spacial score (nSPS) is 15.1. The molecule has 0 radical (unpaired) electrons. The van der Waals surface area contributed by atoms with Gasteiger partial charge >= 0.3 is 5.97 Å². The zero-order valence-electron chi connectivity index (χ0n) is 16.4. The number of nitrogens with one attached hydrogen (secondary N) is 1. The molecule has 0 bridgehead atoms. The second kappa shape index (κ2) is 8.79. The van der Waals surface area contributed by atoms with Crippen LogP contribution in [0.15, 0.2) is 39.6 Å². The number of carbonyl (C=O) groups excluding carboxylic acids is 2. The fraction of sp³-hybridized carbons (Fsp3) is 0.400. The molecule has 0 spiro atoms. The molecule has 2 heterocycles. The van der Waals surface area contributed by atoms with E-state index in [0.29, 0.717) is 30.3 Å². The van der Waals surface area contributed by atoms with Crippen molar-refractivity contribution in [2.24, 2.45) is 0 Å². The average Bonchev–Trinajstić information content (AvgIpc) is 3.05. The van der Waals surface area contributed by atoms with E-state index in [2.05, 4.69) is 5.32 Å². The third-order valence-electron chi connectivity index (χ3n) is 4.67. The van der Waals surface area contributed by atoms with Gasteiger partial charge in [0.2, 0.25) is 10.0 Å². The number of rotatable bonds is 6. The third-order valence-corrected chi connectivity index (χ3v) is 6.56. The number of aryl methyl sites for hydroxylation is 2. The largest absolute Gasteiger partial charge is 0.466 e. The fourth-order valence-corrected chi connectivity index (χ4v) is 4.79. The summed E-state index contributed by atoms with van der Waals surface area (Å²) in [6.07, 6.45) is 2.71. The van der Waals surface area contributed by atoms with Crippen molar-refractivity contribution in [3.8, 4) is 0 Å². The Kier molecular flexibility index (Phi) is 6.39. The van der Waals surface area contributed by atoms with E-state index in [1.807, 2.05) is 0 Å². The van der Waals surface area contributed by atoms with Gasteiger partial charge in [0, 0.05) is 18.8 Å². The molecule has 1 aromatic carbocycles. The number of amides is 1. The summed E-state index contributed by atoms with van der Waals surface area (Å²) in [7, 11) is -3.60. The van der Waals surface area contributed by atoms with E-state index in [-0.39, 0.29) is 10.5 Å². The van der Waals surface area contributed by atoms with Crippen LogP contribution in [0.4, 0.5) is 5.69 Å². The smallest absolute Gasteiger partial charge is 0.342 e.